The van der Waals surface area contributed by atoms with Crippen molar-refractivity contribution in [3.05, 3.63) is 52.3 Å². The van der Waals surface area contributed by atoms with Gasteiger partial charge in [-0.15, -0.1) is 0 Å². The fourth-order valence-corrected chi connectivity index (χ4v) is 2.13. The monoisotopic (exact) mass is 363 g/mol. The first-order valence-electron chi connectivity index (χ1n) is 6.50. The lowest BCUT2D eigenvalue weighted by molar-refractivity contribution is 0.0955. The van der Waals surface area contributed by atoms with E-state index in [9.17, 15) is 9.90 Å². The molecule has 1 aromatic carbocycles. The van der Waals surface area contributed by atoms with Gasteiger partial charge in [-0.3, -0.25) is 9.78 Å². The Morgan fingerprint density at radius 3 is 2.86 bits per heavy atom. The number of nitrogens with zero attached hydrogens (tertiary/aromatic N) is 2. The van der Waals surface area contributed by atoms with Crippen LogP contribution in [-0.2, 0) is 0 Å². The Morgan fingerprint density at radius 1 is 1.45 bits per heavy atom. The van der Waals surface area contributed by atoms with Gasteiger partial charge in [0.1, 0.15) is 0 Å². The van der Waals surface area contributed by atoms with Gasteiger partial charge in [-0.25, -0.2) is 5.43 Å². The molecule has 1 aromatic heterocycles. The highest BCUT2D eigenvalue weighted by Gasteiger charge is 2.08. The summed E-state index contributed by atoms with van der Waals surface area (Å²) in [7, 11) is 0. The van der Waals surface area contributed by atoms with Gasteiger partial charge in [0.2, 0.25) is 0 Å². The molecule has 2 rings (SSSR count). The van der Waals surface area contributed by atoms with E-state index in [1.807, 2.05) is 6.92 Å². The maximum Gasteiger partial charge on any atom is 0.271 e. The average molecular weight is 364 g/mol. The number of carbonyl (C=O) groups is 1. The van der Waals surface area contributed by atoms with Crippen LogP contribution in [0.5, 0.6) is 11.5 Å². The van der Waals surface area contributed by atoms with Crippen LogP contribution in [0.1, 0.15) is 22.8 Å². The average Bonchev–Trinajstić information content (AvgIpc) is 2.53. The van der Waals surface area contributed by atoms with Gasteiger partial charge in [0.05, 0.1) is 17.3 Å². The Bertz CT molecular complexity index is 690. The van der Waals surface area contributed by atoms with Gasteiger partial charge in [0, 0.05) is 18.0 Å². The predicted octanol–water partition coefficient (Wildman–Crippen LogP) is 2.71. The zero-order chi connectivity index (χ0) is 15.9. The molecule has 1 amide bonds. The number of nitrogens with one attached hydrogen (secondary N) is 1. The molecule has 0 unspecified atom stereocenters. The minimum absolute atomic E-state index is 0.0276. The number of pyridine rings is 1. The normalized spacial score (nSPS) is 10.6. The third kappa shape index (κ3) is 4.05. The molecule has 0 bridgehead atoms. The number of halogens is 1. The van der Waals surface area contributed by atoms with E-state index in [4.69, 9.17) is 4.74 Å². The summed E-state index contributed by atoms with van der Waals surface area (Å²) in [6, 6.07) is 6.48. The van der Waals surface area contributed by atoms with Crippen molar-refractivity contribution in [1.82, 2.24) is 10.4 Å². The van der Waals surface area contributed by atoms with E-state index in [0.717, 1.165) is 0 Å². The van der Waals surface area contributed by atoms with Crippen LogP contribution in [-0.4, -0.2) is 28.8 Å². The van der Waals surface area contributed by atoms with Crippen LogP contribution < -0.4 is 10.2 Å². The Morgan fingerprint density at radius 2 is 2.18 bits per heavy atom. The van der Waals surface area contributed by atoms with Crippen molar-refractivity contribution < 1.29 is 14.6 Å². The molecule has 114 valence electrons. The van der Waals surface area contributed by atoms with Gasteiger partial charge >= 0.3 is 0 Å². The molecule has 7 heteroatoms. The highest BCUT2D eigenvalue weighted by atomic mass is 79.9. The zero-order valence-corrected chi connectivity index (χ0v) is 13.4. The summed E-state index contributed by atoms with van der Waals surface area (Å²) in [5.41, 5.74) is 3.55. The third-order valence-corrected chi connectivity index (χ3v) is 3.28. The van der Waals surface area contributed by atoms with E-state index in [-0.39, 0.29) is 11.7 Å². The fourth-order valence-electron chi connectivity index (χ4n) is 1.67. The number of phenols is 1. The van der Waals surface area contributed by atoms with Crippen molar-refractivity contribution in [3.8, 4) is 11.5 Å². The number of phenolic OH excluding ortho intramolecular Hbond substituents is 1. The first kappa shape index (κ1) is 16.0. The molecule has 0 aliphatic heterocycles. The summed E-state index contributed by atoms with van der Waals surface area (Å²) in [6.07, 6.45) is 4.53. The minimum atomic E-state index is -0.332. The maximum absolute atomic E-state index is 11.8. The quantitative estimate of drug-likeness (QED) is 0.631. The second kappa shape index (κ2) is 7.56. The lowest BCUT2D eigenvalue weighted by Crippen LogP contribution is -2.17. The van der Waals surface area contributed by atoms with E-state index >= 15 is 0 Å². The van der Waals surface area contributed by atoms with Crippen molar-refractivity contribution in [2.45, 2.75) is 6.92 Å². The zero-order valence-electron chi connectivity index (χ0n) is 11.8. The van der Waals surface area contributed by atoms with Crippen LogP contribution in [0.3, 0.4) is 0 Å². The van der Waals surface area contributed by atoms with Crippen molar-refractivity contribution >= 4 is 28.1 Å². The van der Waals surface area contributed by atoms with Crippen LogP contribution >= 0.6 is 15.9 Å². The van der Waals surface area contributed by atoms with Crippen LogP contribution in [0.4, 0.5) is 0 Å². The van der Waals surface area contributed by atoms with Crippen molar-refractivity contribution in [3.63, 3.8) is 0 Å². The van der Waals surface area contributed by atoms with Gasteiger partial charge in [0.25, 0.3) is 5.91 Å². The Hall–Kier alpha value is -2.41. The molecule has 22 heavy (non-hydrogen) atoms. The number of aromatic nitrogens is 1. The lowest BCUT2D eigenvalue weighted by atomic mass is 10.2. The summed E-state index contributed by atoms with van der Waals surface area (Å²) in [5.74, 6) is 0.0418. The van der Waals surface area contributed by atoms with E-state index in [0.29, 0.717) is 28.0 Å². The third-order valence-electron chi connectivity index (χ3n) is 2.67. The van der Waals surface area contributed by atoms with Crippen LogP contribution in [0, 0.1) is 0 Å². The van der Waals surface area contributed by atoms with Gasteiger partial charge in [0.15, 0.2) is 11.5 Å². The SMILES string of the molecule is CCOc1cc(/C=N\NC(=O)c2ccncc2)cc(Br)c1O. The molecule has 0 saturated heterocycles. The van der Waals surface area contributed by atoms with Gasteiger partial charge in [-0.1, -0.05) is 0 Å². The molecule has 0 aliphatic carbocycles. The van der Waals surface area contributed by atoms with Crippen molar-refractivity contribution in [1.29, 1.82) is 0 Å². The molecule has 1 heterocycles. The molecule has 0 aliphatic rings. The second-order valence-corrected chi connectivity index (χ2v) is 5.07. The number of amides is 1. The number of rotatable bonds is 5. The predicted molar refractivity (Wildman–Crippen MR) is 86.3 cm³/mol. The number of hydrogen-bond donors (Lipinski definition) is 2. The van der Waals surface area contributed by atoms with Crippen molar-refractivity contribution in [2.24, 2.45) is 5.10 Å². The number of hydrazone groups is 1. The number of benzene rings is 1. The Balaban J connectivity index is 2.09. The molecule has 0 spiro atoms. The van der Waals surface area contributed by atoms with E-state index < -0.39 is 0 Å². The smallest absolute Gasteiger partial charge is 0.271 e. The molecular weight excluding hydrogens is 350 g/mol. The summed E-state index contributed by atoms with van der Waals surface area (Å²) in [4.78, 5) is 15.6. The summed E-state index contributed by atoms with van der Waals surface area (Å²) in [6.45, 7) is 2.25. The van der Waals surface area contributed by atoms with Gasteiger partial charge < -0.3 is 9.84 Å². The van der Waals surface area contributed by atoms with Crippen LogP contribution in [0.25, 0.3) is 0 Å². The molecule has 6 nitrogen and oxygen atoms in total. The highest BCUT2D eigenvalue weighted by molar-refractivity contribution is 9.10. The minimum Gasteiger partial charge on any atom is -0.503 e. The standard InChI is InChI=1S/C15H14BrN3O3/c1-2-22-13-8-10(7-12(16)14(13)20)9-18-19-15(21)11-3-5-17-6-4-11/h3-9,20H,2H2,1H3,(H,19,21)/b18-9-. The molecular formula is C15H14BrN3O3. The van der Waals surface area contributed by atoms with Crippen LogP contribution in [0.15, 0.2) is 46.2 Å². The van der Waals surface area contributed by atoms with E-state index in [1.165, 1.54) is 18.6 Å². The topological polar surface area (TPSA) is 83.8 Å². The first-order chi connectivity index (χ1) is 10.6. The number of carbonyl (C=O) groups excluding carboxylic acids is 1. The summed E-state index contributed by atoms with van der Waals surface area (Å²) in [5, 5.41) is 13.7. The van der Waals surface area contributed by atoms with Crippen LogP contribution in [0.2, 0.25) is 0 Å². The number of hydrogen-bond acceptors (Lipinski definition) is 5. The highest BCUT2D eigenvalue weighted by Crippen LogP contribution is 2.34. The van der Waals surface area contributed by atoms with Crippen molar-refractivity contribution in [2.75, 3.05) is 6.61 Å². The largest absolute Gasteiger partial charge is 0.503 e. The molecule has 2 N–H and O–H groups in total. The molecule has 2 aromatic rings. The second-order valence-electron chi connectivity index (χ2n) is 4.22. The lowest BCUT2D eigenvalue weighted by Gasteiger charge is -2.08. The van der Waals surface area contributed by atoms with E-state index in [1.54, 1.807) is 24.3 Å². The van der Waals surface area contributed by atoms with Gasteiger partial charge in [-0.2, -0.15) is 5.10 Å². The Kier molecular flexibility index (Phi) is 5.48. The molecule has 0 radical (unpaired) electrons. The van der Waals surface area contributed by atoms with Gasteiger partial charge in [-0.05, 0) is 52.7 Å². The van der Waals surface area contributed by atoms with E-state index in [2.05, 4.69) is 31.4 Å². The number of aromatic hydroxyl groups is 1. The molecule has 0 atom stereocenters. The first-order valence-corrected chi connectivity index (χ1v) is 7.30. The fraction of sp³-hybridized carbons (Fsp3) is 0.133. The number of ether oxygens (including phenoxy) is 1. The summed E-state index contributed by atoms with van der Waals surface area (Å²) < 4.78 is 5.81. The maximum atomic E-state index is 11.8. The Labute approximate surface area is 136 Å². The molecule has 0 fully saturated rings. The summed E-state index contributed by atoms with van der Waals surface area (Å²) >= 11 is 3.24. The molecule has 0 saturated carbocycles.